The summed E-state index contributed by atoms with van der Waals surface area (Å²) in [4.78, 5) is 0. The summed E-state index contributed by atoms with van der Waals surface area (Å²) in [5, 5.41) is 3.42. The molecule has 0 aliphatic carbocycles. The maximum absolute atomic E-state index is 6.09. The van der Waals surface area contributed by atoms with E-state index in [1.807, 2.05) is 11.8 Å². The van der Waals surface area contributed by atoms with E-state index in [-0.39, 0.29) is 0 Å². The van der Waals surface area contributed by atoms with Crippen LogP contribution in [0.3, 0.4) is 0 Å². The molecule has 1 aromatic rings. The first kappa shape index (κ1) is 11.4. The van der Waals surface area contributed by atoms with Crippen LogP contribution < -0.4 is 10.1 Å². The molecule has 0 aromatic heterocycles. The highest BCUT2D eigenvalue weighted by molar-refractivity contribution is 8.00. The van der Waals surface area contributed by atoms with Gasteiger partial charge >= 0.3 is 0 Å². The highest BCUT2D eigenvalue weighted by Crippen LogP contribution is 2.34. The normalized spacial score (nSPS) is 22.1. The van der Waals surface area contributed by atoms with Crippen LogP contribution in [0.2, 0.25) is 0 Å². The van der Waals surface area contributed by atoms with E-state index in [1.54, 1.807) is 0 Å². The fourth-order valence-corrected chi connectivity index (χ4v) is 3.08. The van der Waals surface area contributed by atoms with Crippen molar-refractivity contribution in [3.63, 3.8) is 0 Å². The van der Waals surface area contributed by atoms with Crippen molar-refractivity contribution in [3.05, 3.63) is 29.8 Å². The molecule has 0 unspecified atom stereocenters. The van der Waals surface area contributed by atoms with E-state index in [0.29, 0.717) is 12.0 Å². The molecule has 2 nitrogen and oxygen atoms in total. The summed E-state index contributed by atoms with van der Waals surface area (Å²) in [7, 11) is 0. The minimum atomic E-state index is 0.447. The number of thioether (sulfide) groups is 1. The van der Waals surface area contributed by atoms with Crippen molar-refractivity contribution in [3.8, 4) is 5.75 Å². The van der Waals surface area contributed by atoms with Crippen LogP contribution in [-0.4, -0.2) is 30.7 Å². The van der Waals surface area contributed by atoms with Gasteiger partial charge in [0.15, 0.2) is 0 Å². The lowest BCUT2D eigenvalue weighted by Gasteiger charge is -2.30. The van der Waals surface area contributed by atoms with Gasteiger partial charge in [-0.25, -0.2) is 0 Å². The van der Waals surface area contributed by atoms with Crippen molar-refractivity contribution in [2.45, 2.75) is 24.9 Å². The molecule has 3 heteroatoms. The first-order valence-electron chi connectivity index (χ1n) is 6.47. The Bertz CT molecular complexity index is 372. The minimum Gasteiger partial charge on any atom is -0.488 e. The number of benzene rings is 1. The molecule has 2 saturated heterocycles. The summed E-state index contributed by atoms with van der Waals surface area (Å²) < 4.78 is 6.09. The number of rotatable bonds is 3. The predicted octanol–water partition coefficient (Wildman–Crippen LogP) is 2.65. The summed E-state index contributed by atoms with van der Waals surface area (Å²) in [5.41, 5.74) is 1.42. The van der Waals surface area contributed by atoms with Crippen molar-refractivity contribution in [2.24, 2.45) is 0 Å². The topological polar surface area (TPSA) is 21.3 Å². The van der Waals surface area contributed by atoms with Gasteiger partial charge in [0.05, 0.1) is 0 Å². The van der Waals surface area contributed by atoms with E-state index in [9.17, 15) is 0 Å². The molecule has 0 amide bonds. The Morgan fingerprint density at radius 2 is 1.88 bits per heavy atom. The highest BCUT2D eigenvalue weighted by atomic mass is 32.2. The van der Waals surface area contributed by atoms with Crippen LogP contribution in [-0.2, 0) is 0 Å². The Kier molecular flexibility index (Phi) is 3.57. The lowest BCUT2D eigenvalue weighted by Crippen LogP contribution is -2.32. The Morgan fingerprint density at radius 1 is 1.12 bits per heavy atom. The van der Waals surface area contributed by atoms with E-state index in [2.05, 4.69) is 29.6 Å². The van der Waals surface area contributed by atoms with E-state index in [1.165, 1.54) is 18.4 Å². The molecule has 2 aliphatic heterocycles. The van der Waals surface area contributed by atoms with Crippen LogP contribution >= 0.6 is 11.8 Å². The lowest BCUT2D eigenvalue weighted by atomic mass is 9.89. The number of hydrogen-bond donors (Lipinski definition) is 1. The van der Waals surface area contributed by atoms with Gasteiger partial charge in [0.2, 0.25) is 0 Å². The molecule has 17 heavy (non-hydrogen) atoms. The minimum absolute atomic E-state index is 0.447. The molecule has 0 saturated carbocycles. The van der Waals surface area contributed by atoms with Gasteiger partial charge in [-0.3, -0.25) is 0 Å². The summed E-state index contributed by atoms with van der Waals surface area (Å²) in [6.45, 7) is 2.27. The zero-order chi connectivity index (χ0) is 11.5. The third-order valence-electron chi connectivity index (χ3n) is 3.60. The van der Waals surface area contributed by atoms with E-state index < -0.39 is 0 Å². The monoisotopic (exact) mass is 249 g/mol. The lowest BCUT2D eigenvalue weighted by molar-refractivity contribution is 0.235. The number of ether oxygens (including phenoxy) is 1. The largest absolute Gasteiger partial charge is 0.488 e. The Labute approximate surface area is 107 Å². The standard InChI is InChI=1S/C14H19NOS/c1-2-4-14(16-12-9-17-10-12)13(3-1)11-5-7-15-8-6-11/h1-4,11-12,15H,5-10H2. The quantitative estimate of drug-likeness (QED) is 0.890. The van der Waals surface area contributed by atoms with Crippen LogP contribution in [0, 0.1) is 0 Å². The number of nitrogens with one attached hydrogen (secondary N) is 1. The van der Waals surface area contributed by atoms with Crippen LogP contribution in [0.25, 0.3) is 0 Å². The first-order chi connectivity index (χ1) is 8.43. The smallest absolute Gasteiger partial charge is 0.123 e. The van der Waals surface area contributed by atoms with E-state index in [0.717, 1.165) is 30.3 Å². The molecule has 0 radical (unpaired) electrons. The van der Waals surface area contributed by atoms with Gasteiger partial charge in [0.1, 0.15) is 11.9 Å². The van der Waals surface area contributed by atoms with E-state index in [4.69, 9.17) is 4.74 Å². The SMILES string of the molecule is c1ccc(C2CCNCC2)c(OC2CSC2)c1. The summed E-state index contributed by atoms with van der Waals surface area (Å²) >= 11 is 1.97. The average molecular weight is 249 g/mol. The Morgan fingerprint density at radius 3 is 2.59 bits per heavy atom. The van der Waals surface area contributed by atoms with Gasteiger partial charge in [-0.1, -0.05) is 18.2 Å². The van der Waals surface area contributed by atoms with Gasteiger partial charge < -0.3 is 10.1 Å². The van der Waals surface area contributed by atoms with Gasteiger partial charge in [-0.05, 0) is 43.5 Å². The summed E-state index contributed by atoms with van der Waals surface area (Å²) in [6.07, 6.45) is 2.92. The molecule has 0 spiro atoms. The maximum atomic E-state index is 6.09. The van der Waals surface area contributed by atoms with Crippen LogP contribution in [0.15, 0.2) is 24.3 Å². The molecule has 2 fully saturated rings. The average Bonchev–Trinajstić information content (AvgIpc) is 2.35. The van der Waals surface area contributed by atoms with E-state index >= 15 is 0 Å². The van der Waals surface area contributed by atoms with Crippen LogP contribution in [0.1, 0.15) is 24.3 Å². The van der Waals surface area contributed by atoms with Gasteiger partial charge in [-0.15, -0.1) is 0 Å². The highest BCUT2D eigenvalue weighted by Gasteiger charge is 2.23. The number of piperidine rings is 1. The molecule has 2 aliphatic rings. The molecule has 1 aromatic carbocycles. The summed E-state index contributed by atoms with van der Waals surface area (Å²) in [5.74, 6) is 4.12. The number of hydrogen-bond acceptors (Lipinski definition) is 3. The molecule has 2 heterocycles. The molecule has 1 N–H and O–H groups in total. The van der Waals surface area contributed by atoms with Crippen molar-refractivity contribution in [2.75, 3.05) is 24.6 Å². The molecule has 0 bridgehead atoms. The Balaban J connectivity index is 1.76. The van der Waals surface area contributed by atoms with Crippen molar-refractivity contribution >= 4 is 11.8 Å². The predicted molar refractivity (Wildman–Crippen MR) is 73.0 cm³/mol. The fraction of sp³-hybridized carbons (Fsp3) is 0.571. The van der Waals surface area contributed by atoms with Crippen LogP contribution in [0.4, 0.5) is 0 Å². The van der Waals surface area contributed by atoms with Crippen LogP contribution in [0.5, 0.6) is 5.75 Å². The molecule has 0 atom stereocenters. The third-order valence-corrected chi connectivity index (χ3v) is 4.81. The first-order valence-corrected chi connectivity index (χ1v) is 7.63. The van der Waals surface area contributed by atoms with Crippen molar-refractivity contribution in [1.29, 1.82) is 0 Å². The molecule has 3 rings (SSSR count). The fourth-order valence-electron chi connectivity index (χ4n) is 2.52. The van der Waals surface area contributed by atoms with Gasteiger partial charge in [-0.2, -0.15) is 11.8 Å². The van der Waals surface area contributed by atoms with Gasteiger partial charge in [0.25, 0.3) is 0 Å². The second-order valence-corrected chi connectivity index (χ2v) is 5.91. The Hall–Kier alpha value is -0.670. The van der Waals surface area contributed by atoms with Crippen molar-refractivity contribution < 1.29 is 4.74 Å². The number of para-hydroxylation sites is 1. The molecular weight excluding hydrogens is 230 g/mol. The summed E-state index contributed by atoms with van der Waals surface area (Å²) in [6, 6.07) is 8.61. The van der Waals surface area contributed by atoms with Crippen molar-refractivity contribution in [1.82, 2.24) is 5.32 Å². The molecule has 92 valence electrons. The second kappa shape index (κ2) is 5.32. The zero-order valence-corrected chi connectivity index (χ0v) is 10.8. The third kappa shape index (κ3) is 2.61. The van der Waals surface area contributed by atoms with Gasteiger partial charge in [0, 0.05) is 11.5 Å². The maximum Gasteiger partial charge on any atom is 0.123 e. The second-order valence-electron chi connectivity index (χ2n) is 4.84. The molecular formula is C14H19NOS. The zero-order valence-electron chi connectivity index (χ0n) is 10.0.